The average molecular weight is 614 g/mol. The van der Waals surface area contributed by atoms with Crippen LogP contribution in [0.1, 0.15) is 28.1 Å². The molecule has 0 aliphatic carbocycles. The minimum Gasteiger partial charge on any atom is -0.379 e. The molecule has 41 heavy (non-hydrogen) atoms. The maximum atomic E-state index is 13.8. The summed E-state index contributed by atoms with van der Waals surface area (Å²) in [5.41, 5.74) is -6.69. The third-order valence-electron chi connectivity index (χ3n) is 6.21. The van der Waals surface area contributed by atoms with E-state index in [4.69, 9.17) is 9.47 Å². The zero-order chi connectivity index (χ0) is 30.2. The second-order valence-corrected chi connectivity index (χ2v) is 10.3. The molecule has 0 unspecified atom stereocenters. The van der Waals surface area contributed by atoms with Crippen molar-refractivity contribution in [2.45, 2.75) is 24.5 Å². The first kappa shape index (κ1) is 30.9. The summed E-state index contributed by atoms with van der Waals surface area (Å²) in [4.78, 5) is 35.3. The first-order chi connectivity index (χ1) is 19.0. The molecule has 0 radical (unpaired) electrons. The zero-order valence-electron chi connectivity index (χ0n) is 20.7. The van der Waals surface area contributed by atoms with Gasteiger partial charge in [-0.25, -0.2) is 13.8 Å². The van der Waals surface area contributed by atoms with Crippen LogP contribution in [0.4, 0.5) is 30.7 Å². The van der Waals surface area contributed by atoms with E-state index >= 15 is 0 Å². The predicted molar refractivity (Wildman–Crippen MR) is 126 cm³/mol. The molecule has 0 saturated carbocycles. The number of benzene rings is 2. The molecule has 0 spiro atoms. The molecule has 3 N–H and O–H groups in total. The molecule has 1 aliphatic rings. The number of halogens is 7. The van der Waals surface area contributed by atoms with Crippen molar-refractivity contribution in [1.29, 1.82) is 0 Å². The molecule has 1 fully saturated rings. The Bertz CT molecular complexity index is 1450. The number of aromatic amines is 1. The minimum atomic E-state index is -5.27. The van der Waals surface area contributed by atoms with Crippen LogP contribution in [0.2, 0.25) is 0 Å². The van der Waals surface area contributed by atoms with Gasteiger partial charge in [-0.3, -0.25) is 9.88 Å². The number of H-pyrrole nitrogens is 1. The topological polar surface area (TPSA) is 130 Å². The van der Waals surface area contributed by atoms with Crippen molar-refractivity contribution in [2.75, 3.05) is 32.9 Å². The Balaban J connectivity index is 1.81. The number of aromatic nitrogens is 3. The lowest BCUT2D eigenvalue weighted by Gasteiger charge is -2.44. The number of ether oxygens (including phenoxy) is 2. The van der Waals surface area contributed by atoms with Crippen molar-refractivity contribution < 1.29 is 54.6 Å². The number of rotatable bonds is 8. The van der Waals surface area contributed by atoms with Gasteiger partial charge < -0.3 is 19.3 Å². The van der Waals surface area contributed by atoms with E-state index in [-0.39, 0.29) is 47.9 Å². The van der Waals surface area contributed by atoms with Crippen molar-refractivity contribution in [3.63, 3.8) is 0 Å². The Morgan fingerprint density at radius 1 is 0.951 bits per heavy atom. The van der Waals surface area contributed by atoms with Crippen molar-refractivity contribution in [3.8, 4) is 0 Å². The highest BCUT2D eigenvalue weighted by Gasteiger charge is 2.47. The molecule has 1 saturated heterocycles. The second-order valence-electron chi connectivity index (χ2n) is 8.94. The Kier molecular flexibility index (Phi) is 8.51. The summed E-state index contributed by atoms with van der Waals surface area (Å²) >= 11 is 0. The minimum absolute atomic E-state index is 0.0135. The van der Waals surface area contributed by atoms with Gasteiger partial charge in [-0.2, -0.15) is 26.3 Å². The third kappa shape index (κ3) is 6.71. The predicted octanol–water partition coefficient (Wildman–Crippen LogP) is 3.48. The fraction of sp³-hybridized carbons (Fsp3) is 0.391. The quantitative estimate of drug-likeness (QED) is 0.260. The lowest BCUT2D eigenvalue weighted by molar-refractivity contribution is -0.164. The van der Waals surface area contributed by atoms with E-state index in [0.29, 0.717) is 12.1 Å². The standard InChI is InChI=1S/C23H22F7N4O6P/c24-18-3-1-15(2-4-18)21(33-6-9-39-10-7-33,19-31-20(35)34(32-19)41(36,37)38)40-8-5-14-11-16(22(25,26)27)13-17(12-14)23(28,29)30/h1-4,11-13H,5-10H2,(H,31,32,35)(H2,36,37,38)/t21-/m1/s1. The van der Waals surface area contributed by atoms with Gasteiger partial charge in [0, 0.05) is 18.7 Å². The van der Waals surface area contributed by atoms with E-state index in [2.05, 4.69) is 10.1 Å². The summed E-state index contributed by atoms with van der Waals surface area (Å²) in [6.07, 6.45) is -10.6. The Labute approximate surface area is 226 Å². The van der Waals surface area contributed by atoms with Crippen molar-refractivity contribution in [1.82, 2.24) is 19.4 Å². The van der Waals surface area contributed by atoms with Crippen LogP contribution in [0.15, 0.2) is 47.3 Å². The van der Waals surface area contributed by atoms with Gasteiger partial charge in [0.1, 0.15) is 5.82 Å². The molecule has 2 aromatic carbocycles. The Hall–Kier alpha value is -3.08. The van der Waals surface area contributed by atoms with Gasteiger partial charge in [0.25, 0.3) is 0 Å². The fourth-order valence-corrected chi connectivity index (χ4v) is 4.88. The molecule has 0 amide bonds. The van der Waals surface area contributed by atoms with E-state index in [1.165, 1.54) is 17.0 Å². The number of alkyl halides is 6. The maximum Gasteiger partial charge on any atom is 0.454 e. The summed E-state index contributed by atoms with van der Waals surface area (Å²) in [5.74, 6) is -1.15. The SMILES string of the molecule is O=c1[nH]c([C@](OCCc2cc(C(F)(F)F)cc(C(F)(F)F)c2)(c2ccc(F)cc2)N2CCOCC2)nn1P(=O)(O)O. The van der Waals surface area contributed by atoms with Gasteiger partial charge in [0.2, 0.25) is 5.72 Å². The molecule has 0 bridgehead atoms. The molecule has 1 aromatic heterocycles. The number of nitrogens with one attached hydrogen (secondary N) is 1. The van der Waals surface area contributed by atoms with Gasteiger partial charge in [-0.05, 0) is 42.3 Å². The van der Waals surface area contributed by atoms with E-state index in [1.807, 2.05) is 0 Å². The molecule has 18 heteroatoms. The van der Waals surface area contributed by atoms with Crippen LogP contribution >= 0.6 is 7.75 Å². The van der Waals surface area contributed by atoms with Crippen molar-refractivity contribution >= 4 is 7.75 Å². The second kappa shape index (κ2) is 11.3. The van der Waals surface area contributed by atoms with Crippen molar-refractivity contribution in [3.05, 3.63) is 86.8 Å². The van der Waals surface area contributed by atoms with Crippen molar-refractivity contribution in [2.24, 2.45) is 0 Å². The zero-order valence-corrected chi connectivity index (χ0v) is 21.6. The Morgan fingerprint density at radius 2 is 1.51 bits per heavy atom. The average Bonchev–Trinajstić information content (AvgIpc) is 3.29. The van der Waals surface area contributed by atoms with Gasteiger partial charge in [-0.1, -0.05) is 12.1 Å². The molecule has 1 atom stereocenters. The molecule has 3 aromatic rings. The van der Waals surface area contributed by atoms with Crippen LogP contribution in [0, 0.1) is 5.82 Å². The molecular weight excluding hydrogens is 592 g/mol. The summed E-state index contributed by atoms with van der Waals surface area (Å²) in [6.45, 7) is -0.206. The van der Waals surface area contributed by atoms with Crippen LogP contribution < -0.4 is 5.69 Å². The van der Waals surface area contributed by atoms with Crippen LogP contribution in [0.5, 0.6) is 0 Å². The highest BCUT2D eigenvalue weighted by Crippen LogP contribution is 2.40. The maximum absolute atomic E-state index is 13.8. The summed E-state index contributed by atoms with van der Waals surface area (Å²) in [6, 6.07) is 5.56. The van der Waals surface area contributed by atoms with Gasteiger partial charge in [0.05, 0.1) is 30.9 Å². The monoisotopic (exact) mass is 614 g/mol. The number of morpholine rings is 1. The molecule has 2 heterocycles. The fourth-order valence-electron chi connectivity index (χ4n) is 4.39. The van der Waals surface area contributed by atoms with Crippen LogP contribution in [0.25, 0.3) is 0 Å². The molecule has 224 valence electrons. The molecule has 10 nitrogen and oxygen atoms in total. The van der Waals surface area contributed by atoms with Gasteiger partial charge in [-0.15, -0.1) is 9.55 Å². The van der Waals surface area contributed by atoms with E-state index in [1.54, 1.807) is 0 Å². The smallest absolute Gasteiger partial charge is 0.379 e. The normalized spacial score (nSPS) is 17.0. The van der Waals surface area contributed by atoms with Crippen LogP contribution in [0.3, 0.4) is 0 Å². The first-order valence-corrected chi connectivity index (χ1v) is 13.4. The molecular formula is C23H22F7N4O6P. The largest absolute Gasteiger partial charge is 0.454 e. The molecule has 1 aliphatic heterocycles. The lowest BCUT2D eigenvalue weighted by atomic mass is 9.98. The van der Waals surface area contributed by atoms with Crippen LogP contribution in [-0.4, -0.2) is 62.1 Å². The summed E-state index contributed by atoms with van der Waals surface area (Å²) in [7, 11) is -5.27. The Morgan fingerprint density at radius 3 is 2.00 bits per heavy atom. The van der Waals surface area contributed by atoms with Gasteiger partial charge in [0.15, 0.2) is 5.82 Å². The van der Waals surface area contributed by atoms with Gasteiger partial charge >= 0.3 is 25.8 Å². The highest BCUT2D eigenvalue weighted by atomic mass is 31.2. The summed E-state index contributed by atoms with van der Waals surface area (Å²) < 4.78 is 117. The van der Waals surface area contributed by atoms with E-state index in [0.717, 1.165) is 12.1 Å². The number of hydrogen-bond acceptors (Lipinski definition) is 6. The third-order valence-corrected chi connectivity index (χ3v) is 6.98. The molecule has 4 rings (SSSR count). The number of hydrogen-bond donors (Lipinski definition) is 3. The van der Waals surface area contributed by atoms with E-state index in [9.17, 15) is 49.9 Å². The highest BCUT2D eigenvalue weighted by molar-refractivity contribution is 7.49. The summed E-state index contributed by atoms with van der Waals surface area (Å²) in [5, 5.41) is 3.73. The van der Waals surface area contributed by atoms with E-state index < -0.39 is 67.3 Å². The first-order valence-electron chi connectivity index (χ1n) is 11.8. The van der Waals surface area contributed by atoms with Crippen LogP contribution in [-0.2, 0) is 38.5 Å². The number of nitrogens with zero attached hydrogens (tertiary/aromatic N) is 3. The lowest BCUT2D eigenvalue weighted by Crippen LogP contribution is -2.54.